The van der Waals surface area contributed by atoms with Gasteiger partial charge in [0.25, 0.3) is 0 Å². The zero-order valence-corrected chi connectivity index (χ0v) is 21.4. The predicted molar refractivity (Wildman–Crippen MR) is 144 cm³/mol. The predicted octanol–water partition coefficient (Wildman–Crippen LogP) is 4.72. The highest BCUT2D eigenvalue weighted by atomic mass is 16.5. The van der Waals surface area contributed by atoms with E-state index >= 15 is 0 Å². The second kappa shape index (κ2) is 9.45. The summed E-state index contributed by atoms with van der Waals surface area (Å²) in [6.45, 7) is 1.86. The first kappa shape index (κ1) is 23.2. The molecule has 2 aliphatic heterocycles. The summed E-state index contributed by atoms with van der Waals surface area (Å²) < 4.78 is 8.53. The Kier molecular flexibility index (Phi) is 5.78. The molecule has 0 radical (unpaired) electrons. The van der Waals surface area contributed by atoms with Crippen LogP contribution in [0, 0.1) is 17.2 Å². The maximum Gasteiger partial charge on any atom is 0.244 e. The van der Waals surface area contributed by atoms with Crippen LogP contribution in [0.15, 0.2) is 48.6 Å². The Bertz CT molecular complexity index is 1490. The molecule has 1 saturated heterocycles. The van der Waals surface area contributed by atoms with E-state index in [2.05, 4.69) is 39.1 Å². The second-order valence-electron chi connectivity index (χ2n) is 11.0. The van der Waals surface area contributed by atoms with Gasteiger partial charge >= 0.3 is 0 Å². The summed E-state index contributed by atoms with van der Waals surface area (Å²) in [5.74, 6) is 2.41. The summed E-state index contributed by atoms with van der Waals surface area (Å²) in [4.78, 5) is 19.9. The molecule has 2 aromatic carbocycles. The average Bonchev–Trinajstić information content (AvgIpc) is 3.55. The van der Waals surface area contributed by atoms with Crippen molar-refractivity contribution in [3.8, 4) is 11.8 Å². The number of anilines is 1. The molecule has 2 fully saturated rings. The van der Waals surface area contributed by atoms with E-state index in [9.17, 15) is 10.1 Å². The summed E-state index contributed by atoms with van der Waals surface area (Å²) >= 11 is 0. The van der Waals surface area contributed by atoms with Crippen LogP contribution < -0.4 is 15.0 Å². The monoisotopic (exact) mass is 505 g/mol. The third kappa shape index (κ3) is 4.29. The van der Waals surface area contributed by atoms with Gasteiger partial charge in [-0.1, -0.05) is 25.0 Å². The van der Waals surface area contributed by atoms with Crippen molar-refractivity contribution in [2.45, 2.75) is 64.1 Å². The standard InChI is InChI=1S/C31H31N5O2/c32-15-23-6-4-21-13-30(23)38-25-8-9-26-22(5-3-20-1-2-20)7-10-29(27(26)14-25)36-12-11-28(31(36)37)34-17-24-16-33-19-35(24)18-21/h4,6-7,10,13-14,16,19-20,28,34H,1-3,5,8-9,11-12,17-18H2. The molecule has 192 valence electrons. The summed E-state index contributed by atoms with van der Waals surface area (Å²) in [5.41, 5.74) is 7.39. The van der Waals surface area contributed by atoms with Crippen LogP contribution in [-0.2, 0) is 30.7 Å². The molecule has 2 aliphatic carbocycles. The number of allylic oxidation sites excluding steroid dienone is 1. The lowest BCUT2D eigenvalue weighted by atomic mass is 9.88. The van der Waals surface area contributed by atoms with Crippen molar-refractivity contribution in [2.24, 2.45) is 5.92 Å². The molecule has 38 heavy (non-hydrogen) atoms. The Morgan fingerprint density at radius 2 is 2.08 bits per heavy atom. The summed E-state index contributed by atoms with van der Waals surface area (Å²) in [6.07, 6.45) is 13.2. The first-order valence-electron chi connectivity index (χ1n) is 13.8. The van der Waals surface area contributed by atoms with Crippen LogP contribution in [-0.4, -0.2) is 28.0 Å². The van der Waals surface area contributed by atoms with Crippen LogP contribution in [0.25, 0.3) is 6.08 Å². The molecule has 3 aromatic rings. The minimum absolute atomic E-state index is 0.120. The van der Waals surface area contributed by atoms with Gasteiger partial charge < -0.3 is 19.5 Å². The average molecular weight is 506 g/mol. The van der Waals surface area contributed by atoms with Gasteiger partial charge in [0.05, 0.1) is 29.3 Å². The Morgan fingerprint density at radius 1 is 1.16 bits per heavy atom. The smallest absolute Gasteiger partial charge is 0.244 e. The lowest BCUT2D eigenvalue weighted by molar-refractivity contribution is -0.118. The number of fused-ring (bicyclic) bond motifs is 6. The zero-order valence-electron chi connectivity index (χ0n) is 21.4. The normalized spacial score (nSPS) is 20.4. The number of amides is 1. The number of aromatic nitrogens is 2. The second-order valence-corrected chi connectivity index (χ2v) is 11.0. The highest BCUT2D eigenvalue weighted by Gasteiger charge is 2.35. The SMILES string of the molecule is N#Cc1ccc2cc1OC1=Cc3c(ccc(CCC4CC4)c3CC1)N1CCC(NCc3cncn3C2)C1=O. The van der Waals surface area contributed by atoms with Crippen LogP contribution in [0.5, 0.6) is 5.75 Å². The molecule has 7 nitrogen and oxygen atoms in total. The Labute approximate surface area is 222 Å². The number of ether oxygens (including phenoxy) is 1. The number of nitrogens with zero attached hydrogens (tertiary/aromatic N) is 4. The molecule has 7 rings (SSSR count). The molecule has 1 N–H and O–H groups in total. The first-order valence-corrected chi connectivity index (χ1v) is 13.8. The largest absolute Gasteiger partial charge is 0.460 e. The zero-order chi connectivity index (χ0) is 25.6. The number of benzene rings is 2. The van der Waals surface area contributed by atoms with Gasteiger partial charge in [-0.2, -0.15) is 5.26 Å². The van der Waals surface area contributed by atoms with Crippen LogP contribution in [0.2, 0.25) is 0 Å². The molecule has 7 heteroatoms. The van der Waals surface area contributed by atoms with E-state index in [-0.39, 0.29) is 11.9 Å². The topological polar surface area (TPSA) is 83.2 Å². The van der Waals surface area contributed by atoms with Crippen LogP contribution in [0.1, 0.15) is 65.6 Å². The fourth-order valence-electron chi connectivity index (χ4n) is 6.11. The van der Waals surface area contributed by atoms with Gasteiger partial charge in [0, 0.05) is 37.8 Å². The van der Waals surface area contributed by atoms with Crippen molar-refractivity contribution in [3.05, 3.63) is 82.1 Å². The third-order valence-electron chi connectivity index (χ3n) is 8.46. The molecule has 1 unspecified atom stereocenters. The van der Waals surface area contributed by atoms with E-state index in [1.165, 1.54) is 30.4 Å². The minimum Gasteiger partial charge on any atom is -0.460 e. The summed E-state index contributed by atoms with van der Waals surface area (Å²) in [7, 11) is 0. The fourth-order valence-corrected chi connectivity index (χ4v) is 6.11. The lowest BCUT2D eigenvalue weighted by Gasteiger charge is -2.27. The van der Waals surface area contributed by atoms with E-state index in [1.54, 1.807) is 0 Å². The Hall–Kier alpha value is -3.89. The number of hydrogen-bond acceptors (Lipinski definition) is 5. The maximum absolute atomic E-state index is 13.6. The number of nitriles is 1. The van der Waals surface area contributed by atoms with E-state index in [4.69, 9.17) is 4.74 Å². The van der Waals surface area contributed by atoms with Gasteiger partial charge in [-0.05, 0) is 72.6 Å². The number of hydrogen-bond donors (Lipinski definition) is 1. The number of carbonyl (C=O) groups excluding carboxylic acids is 1. The molecule has 1 atom stereocenters. The van der Waals surface area contributed by atoms with Crippen LogP contribution >= 0.6 is 0 Å². The summed E-state index contributed by atoms with van der Waals surface area (Å²) in [5, 5.41) is 13.3. The molecule has 0 spiro atoms. The minimum atomic E-state index is -0.221. The van der Waals surface area contributed by atoms with Crippen molar-refractivity contribution in [2.75, 3.05) is 11.4 Å². The van der Waals surface area contributed by atoms with Gasteiger partial charge in [0.15, 0.2) is 0 Å². The van der Waals surface area contributed by atoms with Gasteiger partial charge in [0.2, 0.25) is 5.91 Å². The van der Waals surface area contributed by atoms with Gasteiger partial charge in [-0.25, -0.2) is 4.98 Å². The quantitative estimate of drug-likeness (QED) is 0.557. The molecule has 6 bridgehead atoms. The van der Waals surface area contributed by atoms with Crippen LogP contribution in [0.3, 0.4) is 0 Å². The number of aryl methyl sites for hydroxylation is 1. The Balaban J connectivity index is 1.33. The highest BCUT2D eigenvalue weighted by molar-refractivity contribution is 6.01. The molecular weight excluding hydrogens is 474 g/mol. The maximum atomic E-state index is 13.6. The van der Waals surface area contributed by atoms with E-state index < -0.39 is 0 Å². The Morgan fingerprint density at radius 3 is 2.95 bits per heavy atom. The number of nitrogens with one attached hydrogen (secondary N) is 1. The first-order chi connectivity index (χ1) is 18.7. The number of rotatable bonds is 3. The molecular formula is C31H31N5O2. The van der Waals surface area contributed by atoms with Gasteiger partial charge in [0.1, 0.15) is 17.6 Å². The van der Waals surface area contributed by atoms with Crippen molar-refractivity contribution >= 4 is 17.7 Å². The number of imidazole rings is 1. The van der Waals surface area contributed by atoms with E-state index in [0.29, 0.717) is 30.9 Å². The van der Waals surface area contributed by atoms with Crippen molar-refractivity contribution in [1.82, 2.24) is 14.9 Å². The van der Waals surface area contributed by atoms with Gasteiger partial charge in [-0.3, -0.25) is 4.79 Å². The van der Waals surface area contributed by atoms with Gasteiger partial charge in [-0.15, -0.1) is 0 Å². The van der Waals surface area contributed by atoms with Crippen molar-refractivity contribution < 1.29 is 9.53 Å². The van der Waals surface area contributed by atoms with Crippen LogP contribution in [0.4, 0.5) is 5.69 Å². The molecule has 3 heterocycles. The van der Waals surface area contributed by atoms with Crippen molar-refractivity contribution in [1.29, 1.82) is 5.26 Å². The summed E-state index contributed by atoms with van der Waals surface area (Å²) in [6, 6.07) is 12.2. The highest BCUT2D eigenvalue weighted by Crippen LogP contribution is 2.39. The van der Waals surface area contributed by atoms with E-state index in [0.717, 1.165) is 59.9 Å². The molecule has 1 amide bonds. The fraction of sp³-hybridized carbons (Fsp3) is 0.387. The number of carbonyl (C=O) groups is 1. The van der Waals surface area contributed by atoms with E-state index in [1.807, 2.05) is 35.6 Å². The van der Waals surface area contributed by atoms with Crippen molar-refractivity contribution in [3.63, 3.8) is 0 Å². The molecule has 1 saturated carbocycles. The molecule has 1 aromatic heterocycles. The molecule has 4 aliphatic rings. The lowest BCUT2D eigenvalue weighted by Crippen LogP contribution is -2.38. The third-order valence-corrected chi connectivity index (χ3v) is 8.46.